The Balaban J connectivity index is 2.19. The van der Waals surface area contributed by atoms with E-state index in [9.17, 15) is 12.8 Å². The molecule has 1 saturated heterocycles. The first kappa shape index (κ1) is 16.7. The van der Waals surface area contributed by atoms with Gasteiger partial charge in [-0.15, -0.1) is 0 Å². The zero-order valence-electron chi connectivity index (χ0n) is 12.0. The van der Waals surface area contributed by atoms with Gasteiger partial charge in [-0.2, -0.15) is 4.31 Å². The summed E-state index contributed by atoms with van der Waals surface area (Å²) in [5, 5.41) is 3.11. The van der Waals surface area contributed by atoms with E-state index < -0.39 is 15.8 Å². The summed E-state index contributed by atoms with van der Waals surface area (Å²) >= 11 is 5.69. The third-order valence-electron chi connectivity index (χ3n) is 3.74. The van der Waals surface area contributed by atoms with E-state index in [4.69, 9.17) is 11.6 Å². The van der Waals surface area contributed by atoms with Crippen molar-refractivity contribution in [1.29, 1.82) is 0 Å². The van der Waals surface area contributed by atoms with E-state index in [0.29, 0.717) is 19.0 Å². The first-order valence-corrected chi connectivity index (χ1v) is 8.93. The predicted molar refractivity (Wildman–Crippen MR) is 81.4 cm³/mol. The van der Waals surface area contributed by atoms with Crippen LogP contribution in [0.1, 0.15) is 19.8 Å². The number of piperidine rings is 1. The number of benzene rings is 1. The van der Waals surface area contributed by atoms with Gasteiger partial charge in [-0.3, -0.25) is 0 Å². The molecule has 118 valence electrons. The van der Waals surface area contributed by atoms with Crippen molar-refractivity contribution in [1.82, 2.24) is 9.62 Å². The lowest BCUT2D eigenvalue weighted by Gasteiger charge is -2.29. The molecule has 7 heteroatoms. The summed E-state index contributed by atoms with van der Waals surface area (Å²) in [5.41, 5.74) is 0. The van der Waals surface area contributed by atoms with Gasteiger partial charge in [0.15, 0.2) is 0 Å². The van der Waals surface area contributed by atoms with Crippen LogP contribution in [0.15, 0.2) is 23.1 Å². The molecule has 4 nitrogen and oxygen atoms in total. The van der Waals surface area contributed by atoms with Gasteiger partial charge in [0.25, 0.3) is 0 Å². The summed E-state index contributed by atoms with van der Waals surface area (Å²) in [5.74, 6) is -0.306. The molecule has 1 heterocycles. The third kappa shape index (κ3) is 3.94. The first-order chi connectivity index (χ1) is 9.95. The Hall–Kier alpha value is -0.690. The van der Waals surface area contributed by atoms with Crippen LogP contribution in [-0.4, -0.2) is 38.9 Å². The molecule has 1 aliphatic rings. The van der Waals surface area contributed by atoms with Crippen LogP contribution in [0.5, 0.6) is 0 Å². The molecule has 0 radical (unpaired) electrons. The summed E-state index contributed by atoms with van der Waals surface area (Å²) in [7, 11) is -3.64. The molecule has 1 unspecified atom stereocenters. The van der Waals surface area contributed by atoms with Crippen molar-refractivity contribution in [3.63, 3.8) is 0 Å². The molecule has 1 aromatic rings. The molecular weight excluding hydrogens is 315 g/mol. The Morgan fingerprint density at radius 2 is 2.24 bits per heavy atom. The maximum Gasteiger partial charge on any atom is 0.243 e. The molecule has 1 aromatic carbocycles. The number of nitrogens with zero attached hydrogens (tertiary/aromatic N) is 1. The average Bonchev–Trinajstić information content (AvgIpc) is 2.48. The van der Waals surface area contributed by atoms with E-state index in [-0.39, 0.29) is 9.92 Å². The molecule has 2 rings (SSSR count). The van der Waals surface area contributed by atoms with E-state index in [2.05, 4.69) is 5.32 Å². The van der Waals surface area contributed by atoms with Gasteiger partial charge in [-0.05, 0) is 50.0 Å². The maximum absolute atomic E-state index is 13.2. The summed E-state index contributed by atoms with van der Waals surface area (Å²) in [6, 6.07) is 3.53. The molecule has 1 N–H and O–H groups in total. The lowest BCUT2D eigenvalue weighted by Crippen LogP contribution is -2.40. The second-order valence-corrected chi connectivity index (χ2v) is 7.59. The van der Waals surface area contributed by atoms with Crippen molar-refractivity contribution in [2.24, 2.45) is 5.92 Å². The van der Waals surface area contributed by atoms with Gasteiger partial charge in [-0.1, -0.05) is 18.5 Å². The van der Waals surface area contributed by atoms with Crippen LogP contribution in [0.2, 0.25) is 5.02 Å². The highest BCUT2D eigenvalue weighted by Gasteiger charge is 2.27. The minimum atomic E-state index is -3.64. The smallest absolute Gasteiger partial charge is 0.243 e. The summed E-state index contributed by atoms with van der Waals surface area (Å²) < 4.78 is 39.9. The molecule has 1 fully saturated rings. The number of halogens is 2. The monoisotopic (exact) mass is 334 g/mol. The van der Waals surface area contributed by atoms with E-state index in [1.807, 2.05) is 0 Å². The normalized spacial score (nSPS) is 19.9. The molecular formula is C14H20ClFN2O2S. The third-order valence-corrected chi connectivity index (χ3v) is 5.97. The Bertz CT molecular complexity index is 589. The van der Waals surface area contributed by atoms with Crippen molar-refractivity contribution in [2.75, 3.05) is 26.2 Å². The second-order valence-electron chi connectivity index (χ2n) is 5.24. The van der Waals surface area contributed by atoms with Crippen molar-refractivity contribution in [3.05, 3.63) is 29.0 Å². The number of hydrogen-bond donors (Lipinski definition) is 1. The van der Waals surface area contributed by atoms with Crippen LogP contribution in [-0.2, 0) is 10.0 Å². The van der Waals surface area contributed by atoms with E-state index in [1.54, 1.807) is 6.92 Å². The molecule has 0 aliphatic carbocycles. The molecule has 0 aromatic heterocycles. The highest BCUT2D eigenvalue weighted by Crippen LogP contribution is 2.23. The molecule has 1 atom stereocenters. The molecule has 1 aliphatic heterocycles. The fourth-order valence-corrected chi connectivity index (χ4v) is 4.35. The summed E-state index contributed by atoms with van der Waals surface area (Å²) in [6.45, 7) is 4.48. The Morgan fingerprint density at radius 3 is 2.81 bits per heavy atom. The zero-order valence-corrected chi connectivity index (χ0v) is 13.6. The van der Waals surface area contributed by atoms with Crippen molar-refractivity contribution >= 4 is 21.6 Å². The lowest BCUT2D eigenvalue weighted by molar-refractivity contribution is 0.298. The van der Waals surface area contributed by atoms with Crippen LogP contribution in [0.4, 0.5) is 4.39 Å². The largest absolute Gasteiger partial charge is 0.316 e. The van der Waals surface area contributed by atoms with E-state index in [1.165, 1.54) is 16.4 Å². The van der Waals surface area contributed by atoms with Gasteiger partial charge in [0.1, 0.15) is 5.82 Å². The van der Waals surface area contributed by atoms with Crippen molar-refractivity contribution in [2.45, 2.75) is 24.7 Å². The summed E-state index contributed by atoms with van der Waals surface area (Å²) in [4.78, 5) is 0.0412. The van der Waals surface area contributed by atoms with E-state index in [0.717, 1.165) is 32.0 Å². The van der Waals surface area contributed by atoms with Gasteiger partial charge < -0.3 is 5.32 Å². The van der Waals surface area contributed by atoms with Gasteiger partial charge in [-0.25, -0.2) is 12.8 Å². The molecule has 21 heavy (non-hydrogen) atoms. The minimum absolute atomic E-state index is 0.0412. The minimum Gasteiger partial charge on any atom is -0.316 e. The van der Waals surface area contributed by atoms with Gasteiger partial charge in [0, 0.05) is 13.1 Å². The fraction of sp³-hybridized carbons (Fsp3) is 0.571. The molecule has 0 amide bonds. The van der Waals surface area contributed by atoms with Gasteiger partial charge >= 0.3 is 0 Å². The lowest BCUT2D eigenvalue weighted by atomic mass is 10.00. The second kappa shape index (κ2) is 7.05. The van der Waals surface area contributed by atoms with Crippen molar-refractivity contribution < 1.29 is 12.8 Å². The van der Waals surface area contributed by atoms with Gasteiger partial charge in [0.05, 0.1) is 9.92 Å². The number of sulfonamides is 1. The number of hydrogen-bond acceptors (Lipinski definition) is 3. The van der Waals surface area contributed by atoms with Crippen LogP contribution < -0.4 is 5.32 Å². The standard InChI is InChI=1S/C14H20ClFN2O2S/c1-2-18(10-11-4-3-7-17-9-11)21(19,20)12-5-6-14(16)13(15)8-12/h5-6,8,11,17H,2-4,7,9-10H2,1H3. The number of rotatable bonds is 5. The first-order valence-electron chi connectivity index (χ1n) is 7.11. The Kier molecular flexibility index (Phi) is 5.60. The average molecular weight is 335 g/mol. The highest BCUT2D eigenvalue weighted by atomic mass is 35.5. The fourth-order valence-electron chi connectivity index (χ4n) is 2.55. The topological polar surface area (TPSA) is 49.4 Å². The highest BCUT2D eigenvalue weighted by molar-refractivity contribution is 7.89. The molecule has 0 saturated carbocycles. The molecule has 0 spiro atoms. The zero-order chi connectivity index (χ0) is 15.5. The van der Waals surface area contributed by atoms with Crippen LogP contribution in [0.25, 0.3) is 0 Å². The number of nitrogens with one attached hydrogen (secondary N) is 1. The van der Waals surface area contributed by atoms with Crippen LogP contribution in [0.3, 0.4) is 0 Å². The van der Waals surface area contributed by atoms with Crippen molar-refractivity contribution in [3.8, 4) is 0 Å². The SMILES string of the molecule is CCN(CC1CCCNC1)S(=O)(=O)c1ccc(F)c(Cl)c1. The maximum atomic E-state index is 13.2. The summed E-state index contributed by atoms with van der Waals surface area (Å²) in [6.07, 6.45) is 2.08. The quantitative estimate of drug-likeness (QED) is 0.900. The van der Waals surface area contributed by atoms with Crippen LogP contribution >= 0.6 is 11.6 Å². The van der Waals surface area contributed by atoms with E-state index >= 15 is 0 Å². The Morgan fingerprint density at radius 1 is 1.48 bits per heavy atom. The predicted octanol–water partition coefficient (Wildman–Crippen LogP) is 2.49. The van der Waals surface area contributed by atoms with Gasteiger partial charge in [0.2, 0.25) is 10.0 Å². The molecule has 0 bridgehead atoms. The Labute approximate surface area is 130 Å². The van der Waals surface area contributed by atoms with Crippen LogP contribution in [0, 0.1) is 11.7 Å².